The molecule has 0 spiro atoms. The fourth-order valence-corrected chi connectivity index (χ4v) is 2.08. The zero-order chi connectivity index (χ0) is 19.1. The highest BCUT2D eigenvalue weighted by molar-refractivity contribution is 5.95. The highest BCUT2D eigenvalue weighted by Crippen LogP contribution is 1.99. The number of carbonyl (C=O) groups excluding carboxylic acids is 5. The minimum atomic E-state index is -0.982. The Hall–Kier alpha value is -3.37. The number of hydrogen-bond donors (Lipinski definition) is 4. The maximum atomic E-state index is 11.6. The van der Waals surface area contributed by atoms with Crippen LogP contribution in [0.25, 0.3) is 0 Å². The van der Waals surface area contributed by atoms with E-state index in [9.17, 15) is 24.0 Å². The molecule has 2 rings (SSSR count). The minimum Gasteiger partial charge on any atom is -0.460 e. The van der Waals surface area contributed by atoms with Crippen LogP contribution in [0.2, 0.25) is 0 Å². The van der Waals surface area contributed by atoms with Crippen molar-refractivity contribution < 1.29 is 33.4 Å². The zero-order valence-corrected chi connectivity index (χ0v) is 13.7. The Bertz CT molecular complexity index is 617. The maximum Gasteiger partial charge on any atom is 0.331 e. The number of carbonyl (C=O) groups is 5. The van der Waals surface area contributed by atoms with Crippen LogP contribution in [0, 0.1) is 0 Å². The van der Waals surface area contributed by atoms with Gasteiger partial charge in [0, 0.05) is 17.8 Å². The smallest absolute Gasteiger partial charge is 0.331 e. The van der Waals surface area contributed by atoms with E-state index in [1.54, 1.807) is 0 Å². The lowest BCUT2D eigenvalue weighted by Crippen LogP contribution is -2.58. The average Bonchev–Trinajstić information content (AvgIpc) is 2.61. The van der Waals surface area contributed by atoms with Crippen molar-refractivity contribution in [2.75, 3.05) is 26.3 Å². The monoisotopic (exact) mass is 366 g/mol. The van der Waals surface area contributed by atoms with Crippen LogP contribution < -0.4 is 21.3 Å². The summed E-state index contributed by atoms with van der Waals surface area (Å²) in [6.07, 6.45) is 1.65. The molecule has 2 atom stereocenters. The number of hydrogen-bond acceptors (Lipinski definition) is 8. The van der Waals surface area contributed by atoms with Gasteiger partial charge in [0.15, 0.2) is 0 Å². The van der Waals surface area contributed by atoms with Gasteiger partial charge in [0.05, 0.1) is 13.1 Å². The number of ether oxygens (including phenoxy) is 2. The van der Waals surface area contributed by atoms with Gasteiger partial charge in [-0.25, -0.2) is 9.59 Å². The Morgan fingerprint density at radius 2 is 1.42 bits per heavy atom. The molecule has 26 heavy (non-hydrogen) atoms. The zero-order valence-electron chi connectivity index (χ0n) is 13.7. The molecule has 11 heteroatoms. The Labute approximate surface area is 148 Å². The third-order valence-corrected chi connectivity index (χ3v) is 3.39. The summed E-state index contributed by atoms with van der Waals surface area (Å²) in [5.74, 6) is -2.94. The predicted octanol–water partition coefficient (Wildman–Crippen LogP) is -3.15. The molecule has 2 aliphatic heterocycles. The third-order valence-electron chi connectivity index (χ3n) is 3.39. The van der Waals surface area contributed by atoms with E-state index in [0.29, 0.717) is 12.2 Å². The number of esters is 2. The topological polar surface area (TPSA) is 152 Å². The lowest BCUT2D eigenvalue weighted by atomic mass is 10.2. The predicted molar refractivity (Wildman–Crippen MR) is 85.1 cm³/mol. The highest BCUT2D eigenvalue weighted by atomic mass is 16.5. The molecule has 0 aliphatic carbocycles. The summed E-state index contributed by atoms with van der Waals surface area (Å²) in [7, 11) is 0. The van der Waals surface area contributed by atoms with E-state index in [1.807, 2.05) is 0 Å². The number of amides is 3. The van der Waals surface area contributed by atoms with Gasteiger partial charge in [0.25, 0.3) is 0 Å². The fraction of sp³-hybridized carbons (Fsp3) is 0.400. The first-order valence-corrected chi connectivity index (χ1v) is 7.66. The second kappa shape index (κ2) is 8.65. The van der Waals surface area contributed by atoms with Gasteiger partial charge in [-0.15, -0.1) is 0 Å². The Kier molecular flexibility index (Phi) is 6.31. The van der Waals surface area contributed by atoms with Crippen molar-refractivity contribution >= 4 is 29.7 Å². The number of nitrogens with one attached hydrogen (secondary N) is 4. The van der Waals surface area contributed by atoms with E-state index in [-0.39, 0.29) is 25.7 Å². The van der Waals surface area contributed by atoms with Crippen LogP contribution in [0.3, 0.4) is 0 Å². The summed E-state index contributed by atoms with van der Waals surface area (Å²) in [4.78, 5) is 57.2. The van der Waals surface area contributed by atoms with Crippen molar-refractivity contribution in [3.63, 3.8) is 0 Å². The second-order valence-electron chi connectivity index (χ2n) is 5.45. The Morgan fingerprint density at radius 3 is 2.00 bits per heavy atom. The molecule has 0 unspecified atom stereocenters. The summed E-state index contributed by atoms with van der Waals surface area (Å²) >= 11 is 0. The van der Waals surface area contributed by atoms with Gasteiger partial charge in [-0.05, 0) is 0 Å². The normalized spacial score (nSPS) is 22.8. The molecule has 0 radical (unpaired) electrons. The van der Waals surface area contributed by atoms with Crippen LogP contribution in [0.1, 0.15) is 0 Å². The SMILES string of the molecule is C=C1CNC(=O)[C@@H](COC(=O)/C=C/C(=O)OC[C@H]2NC(=O)CNC2=O)N1. The van der Waals surface area contributed by atoms with E-state index in [1.165, 1.54) is 0 Å². The first-order chi connectivity index (χ1) is 12.3. The standard InChI is InChI=1S/C15H18N4O7/c1-8-4-16-14(23)9(18-8)6-25-12(21)2-3-13(22)26-7-10-15(24)17-5-11(20)19-10/h2-3,9-10,18H,1,4-7H2,(H,16,23)(H,17,24)(H,19,20)/b3-2+/t9-,10-/m1/s1. The van der Waals surface area contributed by atoms with Gasteiger partial charge in [-0.3, -0.25) is 14.4 Å². The van der Waals surface area contributed by atoms with Crippen LogP contribution in [-0.2, 0) is 33.4 Å². The molecule has 2 fully saturated rings. The van der Waals surface area contributed by atoms with Gasteiger partial charge in [0.1, 0.15) is 25.3 Å². The summed E-state index contributed by atoms with van der Waals surface area (Å²) in [5, 5.41) is 10.0. The molecule has 11 nitrogen and oxygen atoms in total. The highest BCUT2D eigenvalue weighted by Gasteiger charge is 2.27. The van der Waals surface area contributed by atoms with Gasteiger partial charge in [-0.1, -0.05) is 6.58 Å². The lowest BCUT2D eigenvalue weighted by Gasteiger charge is -2.25. The van der Waals surface area contributed by atoms with Crippen molar-refractivity contribution in [2.45, 2.75) is 12.1 Å². The van der Waals surface area contributed by atoms with E-state index in [0.717, 1.165) is 12.2 Å². The Balaban J connectivity index is 1.70. The first-order valence-electron chi connectivity index (χ1n) is 7.66. The summed E-state index contributed by atoms with van der Waals surface area (Å²) < 4.78 is 9.64. The second-order valence-corrected chi connectivity index (χ2v) is 5.45. The number of piperazine rings is 2. The molecule has 0 bridgehead atoms. The molecular formula is C15H18N4O7. The van der Waals surface area contributed by atoms with Crippen molar-refractivity contribution in [2.24, 2.45) is 0 Å². The molecule has 3 amide bonds. The van der Waals surface area contributed by atoms with Crippen molar-refractivity contribution in [1.82, 2.24) is 21.3 Å². The summed E-state index contributed by atoms with van der Waals surface area (Å²) in [6.45, 7) is 3.22. The molecular weight excluding hydrogens is 348 g/mol. The molecule has 140 valence electrons. The quantitative estimate of drug-likeness (QED) is 0.284. The minimum absolute atomic E-state index is 0.129. The van der Waals surface area contributed by atoms with Crippen molar-refractivity contribution in [1.29, 1.82) is 0 Å². The third kappa shape index (κ3) is 5.61. The molecule has 4 N–H and O–H groups in total. The molecule has 2 aliphatic rings. The van der Waals surface area contributed by atoms with E-state index < -0.39 is 35.8 Å². The van der Waals surface area contributed by atoms with Gasteiger partial charge in [0.2, 0.25) is 17.7 Å². The van der Waals surface area contributed by atoms with Crippen LogP contribution in [-0.4, -0.2) is 68.0 Å². The molecule has 0 aromatic carbocycles. The molecule has 0 aromatic rings. The molecule has 0 aromatic heterocycles. The van der Waals surface area contributed by atoms with Crippen molar-refractivity contribution in [3.05, 3.63) is 24.4 Å². The van der Waals surface area contributed by atoms with Crippen LogP contribution in [0.5, 0.6) is 0 Å². The maximum absolute atomic E-state index is 11.6. The largest absolute Gasteiger partial charge is 0.460 e. The number of rotatable bonds is 6. The average molecular weight is 366 g/mol. The van der Waals surface area contributed by atoms with Gasteiger partial charge >= 0.3 is 11.9 Å². The van der Waals surface area contributed by atoms with E-state index in [4.69, 9.17) is 9.47 Å². The van der Waals surface area contributed by atoms with Crippen LogP contribution in [0.15, 0.2) is 24.4 Å². The van der Waals surface area contributed by atoms with Gasteiger partial charge < -0.3 is 30.7 Å². The van der Waals surface area contributed by atoms with Gasteiger partial charge in [-0.2, -0.15) is 0 Å². The fourth-order valence-electron chi connectivity index (χ4n) is 2.08. The molecule has 2 heterocycles. The van der Waals surface area contributed by atoms with Crippen molar-refractivity contribution in [3.8, 4) is 0 Å². The summed E-state index contributed by atoms with van der Waals surface area (Å²) in [5.41, 5.74) is 0.587. The van der Waals surface area contributed by atoms with Crippen LogP contribution in [0.4, 0.5) is 0 Å². The molecule has 0 saturated carbocycles. The lowest BCUT2D eigenvalue weighted by molar-refractivity contribution is -0.144. The van der Waals surface area contributed by atoms with E-state index in [2.05, 4.69) is 27.8 Å². The Morgan fingerprint density at radius 1 is 0.923 bits per heavy atom. The molecule has 2 saturated heterocycles. The summed E-state index contributed by atoms with van der Waals surface area (Å²) in [6, 6.07) is -1.74. The van der Waals surface area contributed by atoms with E-state index >= 15 is 0 Å². The van der Waals surface area contributed by atoms with Crippen LogP contribution >= 0.6 is 0 Å². The first kappa shape index (κ1) is 19.0.